The monoisotopic (exact) mass is 613 g/mol. The van der Waals surface area contributed by atoms with Crippen molar-refractivity contribution >= 4 is 45.7 Å². The number of aliphatic hydroxyl groups excluding tert-OH is 1. The van der Waals surface area contributed by atoms with Gasteiger partial charge in [0.15, 0.2) is 4.34 Å². The summed E-state index contributed by atoms with van der Waals surface area (Å²) in [5.41, 5.74) is 3.15. The summed E-state index contributed by atoms with van der Waals surface area (Å²) in [6.07, 6.45) is 2.61. The lowest BCUT2D eigenvalue weighted by Gasteiger charge is -2.23. The molecule has 10 heteroatoms. The van der Waals surface area contributed by atoms with Crippen molar-refractivity contribution in [1.29, 1.82) is 0 Å². The molecule has 4 aromatic rings. The normalized spacial score (nSPS) is 19.0. The van der Waals surface area contributed by atoms with Crippen molar-refractivity contribution in [3.05, 3.63) is 101 Å². The third-order valence-corrected chi connectivity index (χ3v) is 9.49. The number of nitrogens with zero attached hydrogens (tertiary/aromatic N) is 3. The number of aromatic nitrogens is 2. The van der Waals surface area contributed by atoms with Crippen LogP contribution in [-0.4, -0.2) is 39.7 Å². The van der Waals surface area contributed by atoms with Gasteiger partial charge in [-0.2, -0.15) is 0 Å². The van der Waals surface area contributed by atoms with Crippen molar-refractivity contribution in [2.45, 2.75) is 55.3 Å². The minimum atomic E-state index is -0.918. The predicted octanol–water partition coefficient (Wildman–Crippen LogP) is 6.96. The molecule has 0 aliphatic carbocycles. The zero-order valence-electron chi connectivity index (χ0n) is 23.9. The largest absolute Gasteiger partial charge is 0.507 e. The molecule has 1 aromatic heterocycles. The quantitative estimate of drug-likeness (QED) is 0.0512. The second kappa shape index (κ2) is 12.6. The third-order valence-electron chi connectivity index (χ3n) is 7.36. The van der Waals surface area contributed by atoms with E-state index in [-0.39, 0.29) is 22.6 Å². The molecule has 0 unspecified atom stereocenters. The number of hydrogen-bond donors (Lipinski definition) is 1. The first-order valence-electron chi connectivity index (χ1n) is 14.3. The van der Waals surface area contributed by atoms with E-state index in [9.17, 15) is 14.7 Å². The number of rotatable bonds is 10. The summed E-state index contributed by atoms with van der Waals surface area (Å²) in [4.78, 5) is 28.7. The van der Waals surface area contributed by atoms with Crippen LogP contribution >= 0.6 is 23.1 Å². The standard InChI is InChI=1S/C33H31N3O5S2/c1-3-4-15-40-25-12-8-11-22(18-25)28-27(29(37)23-13-14-26-24(17-23)16-20(2)41-26)30(38)31(39)36(28)32-34-35-33(43-32)42-19-21-9-6-5-7-10-21/h5-14,17-18,20,28,37H,3-4,15-16,19H2,1-2H3/b29-27+/t20-,28-/m1/s1. The summed E-state index contributed by atoms with van der Waals surface area (Å²) in [6.45, 7) is 4.62. The van der Waals surface area contributed by atoms with Crippen molar-refractivity contribution in [3.8, 4) is 11.5 Å². The first kappa shape index (κ1) is 28.9. The molecule has 0 saturated carbocycles. The molecule has 2 atom stereocenters. The first-order chi connectivity index (χ1) is 20.9. The third kappa shape index (κ3) is 6.03. The number of hydrogen-bond acceptors (Lipinski definition) is 9. The number of fused-ring (bicyclic) bond motifs is 1. The van der Waals surface area contributed by atoms with Gasteiger partial charge in [-0.1, -0.05) is 78.9 Å². The summed E-state index contributed by atoms with van der Waals surface area (Å²) in [6, 6.07) is 21.7. The molecule has 0 radical (unpaired) electrons. The number of aliphatic hydroxyl groups is 1. The van der Waals surface area contributed by atoms with E-state index in [0.717, 1.165) is 29.7 Å². The van der Waals surface area contributed by atoms with Crippen LogP contribution in [0.5, 0.6) is 11.5 Å². The van der Waals surface area contributed by atoms with Gasteiger partial charge in [-0.15, -0.1) is 10.2 Å². The molecular weight excluding hydrogens is 583 g/mol. The lowest BCUT2D eigenvalue weighted by atomic mass is 9.94. The van der Waals surface area contributed by atoms with Gasteiger partial charge in [-0.3, -0.25) is 14.5 Å². The number of amides is 1. The van der Waals surface area contributed by atoms with Gasteiger partial charge in [0.25, 0.3) is 5.78 Å². The molecule has 2 aliphatic rings. The fourth-order valence-electron chi connectivity index (χ4n) is 5.26. The molecule has 43 heavy (non-hydrogen) atoms. The number of carbonyl (C=O) groups excluding carboxylic acids is 2. The number of carbonyl (C=O) groups is 2. The van der Waals surface area contributed by atoms with Crippen LogP contribution in [0.3, 0.4) is 0 Å². The van der Waals surface area contributed by atoms with Crippen LogP contribution in [0.2, 0.25) is 0 Å². The maximum absolute atomic E-state index is 13.7. The average molecular weight is 614 g/mol. The predicted molar refractivity (Wildman–Crippen MR) is 168 cm³/mol. The number of ether oxygens (including phenoxy) is 2. The van der Waals surface area contributed by atoms with Crippen LogP contribution < -0.4 is 14.4 Å². The van der Waals surface area contributed by atoms with Crippen molar-refractivity contribution in [3.63, 3.8) is 0 Å². The Hall–Kier alpha value is -4.15. The molecule has 3 aromatic carbocycles. The molecule has 6 rings (SSSR count). The van der Waals surface area contributed by atoms with Crippen molar-refractivity contribution in [2.75, 3.05) is 11.5 Å². The first-order valence-corrected chi connectivity index (χ1v) is 16.1. The topological polar surface area (TPSA) is 102 Å². The van der Waals surface area contributed by atoms with Gasteiger partial charge in [0.2, 0.25) is 5.13 Å². The Morgan fingerprint density at radius 3 is 2.74 bits per heavy atom. The molecule has 3 heterocycles. The smallest absolute Gasteiger partial charge is 0.301 e. The van der Waals surface area contributed by atoms with Crippen LogP contribution in [-0.2, 0) is 21.8 Å². The summed E-state index contributed by atoms with van der Waals surface area (Å²) in [5, 5.41) is 20.6. The summed E-state index contributed by atoms with van der Waals surface area (Å²) < 4.78 is 12.4. The SMILES string of the molecule is CCCCOc1cccc([C@@H]2/C(=C(\O)c3ccc4c(c3)C[C@@H](C)O4)C(=O)C(=O)N2c2nnc(SCc3ccccc3)s2)c1. The number of unbranched alkanes of at least 4 members (excludes halogenated alkanes) is 1. The van der Waals surface area contributed by atoms with Crippen molar-refractivity contribution in [2.24, 2.45) is 0 Å². The van der Waals surface area contributed by atoms with E-state index in [2.05, 4.69) is 17.1 Å². The lowest BCUT2D eigenvalue weighted by molar-refractivity contribution is -0.132. The lowest BCUT2D eigenvalue weighted by Crippen LogP contribution is -2.29. The Bertz CT molecular complexity index is 1690. The van der Waals surface area contributed by atoms with Crippen LogP contribution in [0.1, 0.15) is 55.0 Å². The molecule has 8 nitrogen and oxygen atoms in total. The van der Waals surface area contributed by atoms with Gasteiger partial charge in [-0.25, -0.2) is 0 Å². The molecule has 2 aliphatic heterocycles. The van der Waals surface area contributed by atoms with Gasteiger partial charge in [0.05, 0.1) is 18.2 Å². The number of Topliss-reactive ketones (excluding diaryl/α,β-unsaturated/α-hetero) is 1. The van der Waals surface area contributed by atoms with E-state index in [4.69, 9.17) is 9.47 Å². The molecule has 1 N–H and O–H groups in total. The van der Waals surface area contributed by atoms with E-state index in [1.807, 2.05) is 67.6 Å². The summed E-state index contributed by atoms with van der Waals surface area (Å²) in [5.74, 6) is 0.282. The highest BCUT2D eigenvalue weighted by molar-refractivity contribution is 8.00. The fraction of sp³-hybridized carbons (Fsp3) is 0.273. The van der Waals surface area contributed by atoms with Gasteiger partial charge in [0, 0.05) is 17.7 Å². The van der Waals surface area contributed by atoms with Crippen molar-refractivity contribution < 1.29 is 24.2 Å². The zero-order chi connectivity index (χ0) is 29.9. The van der Waals surface area contributed by atoms with Crippen LogP contribution in [0.4, 0.5) is 5.13 Å². The molecule has 220 valence electrons. The van der Waals surface area contributed by atoms with Gasteiger partial charge < -0.3 is 14.6 Å². The highest BCUT2D eigenvalue weighted by Gasteiger charge is 2.48. The average Bonchev–Trinajstić information content (AvgIpc) is 3.71. The number of benzene rings is 3. The minimum absolute atomic E-state index is 0.00342. The molecule has 0 bridgehead atoms. The van der Waals surface area contributed by atoms with Gasteiger partial charge in [0.1, 0.15) is 23.4 Å². The Labute approximate surface area is 258 Å². The molecule has 1 amide bonds. The highest BCUT2D eigenvalue weighted by Crippen LogP contribution is 2.45. The van der Waals surface area contributed by atoms with E-state index >= 15 is 0 Å². The highest BCUT2D eigenvalue weighted by atomic mass is 32.2. The van der Waals surface area contributed by atoms with E-state index in [1.54, 1.807) is 12.1 Å². The second-order valence-electron chi connectivity index (χ2n) is 10.5. The van der Waals surface area contributed by atoms with Crippen LogP contribution in [0, 0.1) is 0 Å². The summed E-state index contributed by atoms with van der Waals surface area (Å²) >= 11 is 2.75. The van der Waals surface area contributed by atoms with Crippen molar-refractivity contribution in [1.82, 2.24) is 10.2 Å². The van der Waals surface area contributed by atoms with E-state index < -0.39 is 17.7 Å². The molecule has 0 spiro atoms. The molecule has 1 fully saturated rings. The Morgan fingerprint density at radius 1 is 1.09 bits per heavy atom. The second-order valence-corrected chi connectivity index (χ2v) is 12.7. The van der Waals surface area contributed by atoms with Gasteiger partial charge >= 0.3 is 5.91 Å². The van der Waals surface area contributed by atoms with E-state index in [0.29, 0.717) is 40.0 Å². The van der Waals surface area contributed by atoms with Gasteiger partial charge in [-0.05, 0) is 60.4 Å². The Balaban J connectivity index is 1.39. The number of thioether (sulfide) groups is 1. The maximum Gasteiger partial charge on any atom is 0.301 e. The maximum atomic E-state index is 13.7. The number of anilines is 1. The summed E-state index contributed by atoms with van der Waals surface area (Å²) in [7, 11) is 0. The Morgan fingerprint density at radius 2 is 1.93 bits per heavy atom. The number of ketones is 1. The zero-order valence-corrected chi connectivity index (χ0v) is 25.5. The minimum Gasteiger partial charge on any atom is -0.507 e. The molecule has 1 saturated heterocycles. The fourth-order valence-corrected chi connectivity index (χ4v) is 7.08. The van der Waals surface area contributed by atoms with E-state index in [1.165, 1.54) is 28.0 Å². The van der Waals surface area contributed by atoms with Crippen LogP contribution in [0.25, 0.3) is 5.76 Å². The Kier molecular flexibility index (Phi) is 8.49. The van der Waals surface area contributed by atoms with Crippen LogP contribution in [0.15, 0.2) is 82.7 Å². The molecular formula is C33H31N3O5S2.